The summed E-state index contributed by atoms with van der Waals surface area (Å²) in [6.07, 6.45) is 3.40. The van der Waals surface area contributed by atoms with Gasteiger partial charge in [0, 0.05) is 50.4 Å². The number of carbonyl (C=O) groups excluding carboxylic acids is 3. The number of anilines is 1. The molecule has 2 saturated heterocycles. The molecular weight excluding hydrogens is 490 g/mol. The molecule has 186 valence electrons. The molecule has 0 radical (unpaired) electrons. The Morgan fingerprint density at radius 3 is 2.28 bits per heavy atom. The Morgan fingerprint density at radius 2 is 1.64 bits per heavy atom. The van der Waals surface area contributed by atoms with E-state index in [1.54, 1.807) is 6.07 Å². The zero-order chi connectivity index (χ0) is 25.8. The topological polar surface area (TPSA) is 156 Å². The minimum Gasteiger partial charge on any atom is -0.371 e. The van der Waals surface area contributed by atoms with E-state index in [0.29, 0.717) is 11.3 Å². The summed E-state index contributed by atoms with van der Waals surface area (Å²) in [6, 6.07) is 9.72. The molecule has 2 aliphatic heterocycles. The average Bonchev–Trinajstić information content (AvgIpc) is 3.48. The zero-order valence-corrected chi connectivity index (χ0v) is 19.7. The first-order valence-corrected chi connectivity index (χ1v) is 11.9. The van der Waals surface area contributed by atoms with E-state index >= 15 is 0 Å². The van der Waals surface area contributed by atoms with Gasteiger partial charge < -0.3 is 10.2 Å². The van der Waals surface area contributed by atoms with E-state index in [0.717, 1.165) is 42.6 Å². The molecule has 1 N–H and O–H groups in total. The van der Waals surface area contributed by atoms with Crippen molar-refractivity contribution in [3.63, 3.8) is 0 Å². The fourth-order valence-corrected chi connectivity index (χ4v) is 4.83. The molecule has 0 aliphatic carbocycles. The number of nitro groups is 2. The van der Waals surface area contributed by atoms with E-state index in [1.807, 2.05) is 4.90 Å². The number of non-ortho nitro benzene ring substituents is 2. The van der Waals surface area contributed by atoms with Crippen molar-refractivity contribution >= 4 is 52.0 Å². The van der Waals surface area contributed by atoms with Gasteiger partial charge in [-0.05, 0) is 54.4 Å². The number of hydrogen-bond donors (Lipinski definition) is 1. The normalized spacial score (nSPS) is 16.6. The number of hydrogen-bond acceptors (Lipinski definition) is 9. The Balaban J connectivity index is 1.41. The summed E-state index contributed by atoms with van der Waals surface area (Å²) in [5.41, 5.74) is 1.00. The van der Waals surface area contributed by atoms with Gasteiger partial charge in [0.1, 0.15) is 0 Å². The van der Waals surface area contributed by atoms with Crippen LogP contribution in [-0.2, 0) is 4.79 Å². The molecule has 12 nitrogen and oxygen atoms in total. The van der Waals surface area contributed by atoms with Gasteiger partial charge >= 0.3 is 0 Å². The largest absolute Gasteiger partial charge is 0.371 e. The summed E-state index contributed by atoms with van der Waals surface area (Å²) in [5.74, 6) is -1.07. The molecule has 4 rings (SSSR count). The highest BCUT2D eigenvalue weighted by Gasteiger charge is 2.35. The Labute approximate surface area is 209 Å². The molecule has 3 amide bonds. The van der Waals surface area contributed by atoms with Crippen LogP contribution < -0.4 is 10.2 Å². The molecule has 0 saturated carbocycles. The van der Waals surface area contributed by atoms with Crippen LogP contribution in [0.4, 0.5) is 21.9 Å². The predicted octanol–water partition coefficient (Wildman–Crippen LogP) is 3.57. The maximum absolute atomic E-state index is 12.9. The van der Waals surface area contributed by atoms with Crippen LogP contribution in [0.2, 0.25) is 0 Å². The third-order valence-electron chi connectivity index (χ3n) is 5.78. The van der Waals surface area contributed by atoms with Crippen LogP contribution in [-0.4, -0.2) is 58.0 Å². The van der Waals surface area contributed by atoms with Crippen LogP contribution in [0.5, 0.6) is 0 Å². The van der Waals surface area contributed by atoms with Crippen molar-refractivity contribution in [1.29, 1.82) is 0 Å². The van der Waals surface area contributed by atoms with Crippen LogP contribution in [0.3, 0.4) is 0 Å². The van der Waals surface area contributed by atoms with Crippen LogP contribution in [0, 0.1) is 20.2 Å². The first-order valence-electron chi connectivity index (χ1n) is 11.1. The van der Waals surface area contributed by atoms with Gasteiger partial charge in [0.15, 0.2) is 0 Å². The standard InChI is InChI=1S/C23H21N5O7S/c29-21(18-14-17(28(34)35)7-8-19(18)25-10-1-2-11-25)24-9-12-26-22(30)20(36-23(26)31)13-15-3-5-16(6-4-15)27(32)33/h3-8,13-14H,1-2,9-12H2,(H,24,29)/b20-13-. The van der Waals surface area contributed by atoms with Crippen LogP contribution >= 0.6 is 11.8 Å². The molecule has 2 aliphatic rings. The number of rotatable bonds is 8. The molecule has 13 heteroatoms. The highest BCUT2D eigenvalue weighted by atomic mass is 32.2. The molecule has 2 aromatic carbocycles. The van der Waals surface area contributed by atoms with Crippen LogP contribution in [0.15, 0.2) is 47.4 Å². The number of imide groups is 1. The van der Waals surface area contributed by atoms with E-state index in [2.05, 4.69) is 5.32 Å². The number of carbonyl (C=O) groups is 3. The molecule has 2 fully saturated rings. The maximum Gasteiger partial charge on any atom is 0.293 e. The van der Waals surface area contributed by atoms with Crippen LogP contribution in [0.1, 0.15) is 28.8 Å². The number of nitrogens with zero attached hydrogens (tertiary/aromatic N) is 4. The first kappa shape index (κ1) is 24.9. The number of nitro benzene ring substituents is 2. The molecule has 0 aromatic heterocycles. The quantitative estimate of drug-likeness (QED) is 0.318. The van der Waals surface area contributed by atoms with Crippen LogP contribution in [0.25, 0.3) is 6.08 Å². The summed E-state index contributed by atoms with van der Waals surface area (Å²) in [7, 11) is 0. The van der Waals surface area contributed by atoms with Crippen molar-refractivity contribution in [2.45, 2.75) is 12.8 Å². The number of thioether (sulfide) groups is 1. The SMILES string of the molecule is O=C(NCCN1C(=O)S/C(=C\c2ccc([N+](=O)[O-])cc2)C1=O)c1cc([N+](=O)[O-])ccc1N1CCCC1. The monoisotopic (exact) mass is 511 g/mol. The number of benzene rings is 2. The second-order valence-corrected chi connectivity index (χ2v) is 9.08. The van der Waals surface area contributed by atoms with Crippen molar-refractivity contribution < 1.29 is 24.2 Å². The summed E-state index contributed by atoms with van der Waals surface area (Å²) in [5, 5.41) is 24.1. The lowest BCUT2D eigenvalue weighted by atomic mass is 10.1. The fraction of sp³-hybridized carbons (Fsp3) is 0.261. The van der Waals surface area contributed by atoms with Gasteiger partial charge in [0.25, 0.3) is 28.4 Å². The Kier molecular flexibility index (Phi) is 7.29. The predicted molar refractivity (Wildman–Crippen MR) is 133 cm³/mol. The number of nitrogens with one attached hydrogen (secondary N) is 1. The molecule has 0 atom stereocenters. The van der Waals surface area contributed by atoms with Crippen molar-refractivity contribution in [3.8, 4) is 0 Å². The van der Waals surface area contributed by atoms with Gasteiger partial charge in [-0.2, -0.15) is 0 Å². The fourth-order valence-electron chi connectivity index (χ4n) is 3.97. The summed E-state index contributed by atoms with van der Waals surface area (Å²) in [6.45, 7) is 1.37. The van der Waals surface area contributed by atoms with Gasteiger partial charge in [0.05, 0.1) is 26.0 Å². The van der Waals surface area contributed by atoms with Gasteiger partial charge in [-0.3, -0.25) is 39.5 Å². The lowest BCUT2D eigenvalue weighted by Crippen LogP contribution is -2.37. The second kappa shape index (κ2) is 10.6. The van der Waals surface area contributed by atoms with E-state index in [-0.39, 0.29) is 34.9 Å². The third-order valence-corrected chi connectivity index (χ3v) is 6.69. The van der Waals surface area contributed by atoms with E-state index in [4.69, 9.17) is 0 Å². The van der Waals surface area contributed by atoms with Crippen molar-refractivity contribution in [2.75, 3.05) is 31.1 Å². The molecular formula is C23H21N5O7S. The summed E-state index contributed by atoms with van der Waals surface area (Å²) < 4.78 is 0. The lowest BCUT2D eigenvalue weighted by Gasteiger charge is -2.21. The van der Waals surface area contributed by atoms with Crippen molar-refractivity contribution in [3.05, 3.63) is 78.7 Å². The van der Waals surface area contributed by atoms with E-state index in [1.165, 1.54) is 42.5 Å². The van der Waals surface area contributed by atoms with Gasteiger partial charge in [-0.15, -0.1) is 0 Å². The third kappa shape index (κ3) is 5.35. The minimum atomic E-state index is -0.567. The summed E-state index contributed by atoms with van der Waals surface area (Å²) in [4.78, 5) is 62.0. The van der Waals surface area contributed by atoms with Gasteiger partial charge in [-0.1, -0.05) is 0 Å². The van der Waals surface area contributed by atoms with E-state index in [9.17, 15) is 34.6 Å². The van der Waals surface area contributed by atoms with Gasteiger partial charge in [0.2, 0.25) is 0 Å². The average molecular weight is 512 g/mol. The molecule has 2 heterocycles. The Hall–Kier alpha value is -4.26. The van der Waals surface area contributed by atoms with Crippen molar-refractivity contribution in [2.24, 2.45) is 0 Å². The second-order valence-electron chi connectivity index (χ2n) is 8.09. The maximum atomic E-state index is 12.9. The van der Waals surface area contributed by atoms with E-state index < -0.39 is 26.9 Å². The lowest BCUT2D eigenvalue weighted by molar-refractivity contribution is -0.385. The van der Waals surface area contributed by atoms with Gasteiger partial charge in [-0.25, -0.2) is 0 Å². The highest BCUT2D eigenvalue weighted by Crippen LogP contribution is 2.32. The zero-order valence-electron chi connectivity index (χ0n) is 18.9. The molecule has 0 unspecified atom stereocenters. The Morgan fingerprint density at radius 1 is 1.00 bits per heavy atom. The van der Waals surface area contributed by atoms with Crippen molar-refractivity contribution in [1.82, 2.24) is 10.2 Å². The molecule has 0 bridgehead atoms. The number of amides is 3. The molecule has 36 heavy (non-hydrogen) atoms. The molecule has 0 spiro atoms. The highest BCUT2D eigenvalue weighted by molar-refractivity contribution is 8.18. The summed E-state index contributed by atoms with van der Waals surface area (Å²) >= 11 is 0.737. The minimum absolute atomic E-state index is 0.0379. The molecule has 2 aromatic rings. The first-order chi connectivity index (χ1) is 17.2. The smallest absolute Gasteiger partial charge is 0.293 e. The Bertz CT molecular complexity index is 1270.